The molecule has 3 aromatic rings. The topological polar surface area (TPSA) is 58.4 Å². The fourth-order valence-corrected chi connectivity index (χ4v) is 4.69. The largest absolute Gasteiger partial charge is 0.418 e. The minimum atomic E-state index is -4.70. The lowest BCUT2D eigenvalue weighted by molar-refractivity contribution is -0.137. The van der Waals surface area contributed by atoms with Crippen LogP contribution in [0.4, 0.5) is 23.2 Å². The van der Waals surface area contributed by atoms with Crippen LogP contribution in [-0.4, -0.2) is 34.1 Å². The van der Waals surface area contributed by atoms with E-state index in [0.717, 1.165) is 10.7 Å². The van der Waals surface area contributed by atoms with Crippen molar-refractivity contribution in [1.82, 2.24) is 9.78 Å². The van der Waals surface area contributed by atoms with Gasteiger partial charge in [0.05, 0.1) is 23.0 Å². The summed E-state index contributed by atoms with van der Waals surface area (Å²) >= 11 is 0. The highest BCUT2D eigenvalue weighted by molar-refractivity contribution is 5.66. The van der Waals surface area contributed by atoms with Crippen LogP contribution in [0.5, 0.6) is 0 Å². The highest BCUT2D eigenvalue weighted by Gasteiger charge is 2.36. The molecule has 0 amide bonds. The summed E-state index contributed by atoms with van der Waals surface area (Å²) in [7, 11) is 0. The summed E-state index contributed by atoms with van der Waals surface area (Å²) in [5.74, 6) is -0.441. The number of aliphatic hydroxyl groups is 1. The Hall–Kier alpha value is -3.20. The van der Waals surface area contributed by atoms with Crippen LogP contribution in [0.2, 0.25) is 0 Å². The predicted octanol–water partition coefficient (Wildman–Crippen LogP) is 4.12. The maximum atomic E-state index is 13.9. The normalized spacial score (nSPS) is 18.1. The number of fused-ring (bicyclic) bond motifs is 1. The third kappa shape index (κ3) is 3.90. The molecule has 2 aromatic carbocycles. The molecule has 0 bridgehead atoms. The van der Waals surface area contributed by atoms with Crippen molar-refractivity contribution in [2.45, 2.75) is 38.0 Å². The Morgan fingerprint density at radius 2 is 1.76 bits per heavy atom. The molecule has 1 aliphatic heterocycles. The Kier molecular flexibility index (Phi) is 5.23. The molecule has 0 radical (unpaired) electrons. The van der Waals surface area contributed by atoms with Gasteiger partial charge in [0.2, 0.25) is 0 Å². The molecule has 0 spiro atoms. The van der Waals surface area contributed by atoms with Crippen LogP contribution in [0.25, 0.3) is 16.9 Å². The lowest BCUT2D eigenvalue weighted by atomic mass is 10.0. The van der Waals surface area contributed by atoms with Crippen molar-refractivity contribution >= 4 is 5.69 Å². The minimum Gasteiger partial charge on any atom is -0.391 e. The molecular formula is C24H21F4N3O2. The number of aromatic nitrogens is 2. The Labute approximate surface area is 186 Å². The number of halogens is 4. The molecular weight excluding hydrogens is 438 g/mol. The van der Waals surface area contributed by atoms with Crippen LogP contribution in [-0.2, 0) is 19.0 Å². The highest BCUT2D eigenvalue weighted by atomic mass is 19.4. The van der Waals surface area contributed by atoms with Gasteiger partial charge in [-0.1, -0.05) is 0 Å². The summed E-state index contributed by atoms with van der Waals surface area (Å²) in [5.41, 5.74) is 0.653. The van der Waals surface area contributed by atoms with E-state index in [-0.39, 0.29) is 5.69 Å². The Balaban J connectivity index is 1.74. The maximum Gasteiger partial charge on any atom is 0.418 e. The first kappa shape index (κ1) is 21.6. The first-order valence-corrected chi connectivity index (χ1v) is 10.8. The van der Waals surface area contributed by atoms with Crippen molar-refractivity contribution in [3.63, 3.8) is 0 Å². The molecule has 5 rings (SSSR count). The van der Waals surface area contributed by atoms with E-state index in [1.54, 1.807) is 4.90 Å². The predicted molar refractivity (Wildman–Crippen MR) is 115 cm³/mol. The molecule has 1 fully saturated rings. The number of alkyl halides is 3. The summed E-state index contributed by atoms with van der Waals surface area (Å²) in [5, 5.41) is 14.2. The van der Waals surface area contributed by atoms with Gasteiger partial charge in [0.15, 0.2) is 0 Å². The average Bonchev–Trinajstić information content (AvgIpc) is 3.44. The molecule has 2 heterocycles. The molecule has 1 aromatic heterocycles. The van der Waals surface area contributed by atoms with Crippen LogP contribution in [0, 0.1) is 5.82 Å². The first-order valence-electron chi connectivity index (χ1n) is 10.8. The van der Waals surface area contributed by atoms with Crippen molar-refractivity contribution in [3.05, 3.63) is 75.3 Å². The van der Waals surface area contributed by atoms with E-state index in [0.29, 0.717) is 66.8 Å². The molecule has 33 heavy (non-hydrogen) atoms. The average molecular weight is 459 g/mol. The van der Waals surface area contributed by atoms with Crippen molar-refractivity contribution in [3.8, 4) is 16.9 Å². The van der Waals surface area contributed by atoms with E-state index in [1.165, 1.54) is 36.4 Å². The number of β-amino-alcohol motifs (C(OH)–C–C–N with tert-alkyl or cyclic N) is 1. The number of rotatable bonds is 3. The van der Waals surface area contributed by atoms with E-state index >= 15 is 0 Å². The monoisotopic (exact) mass is 459 g/mol. The molecule has 1 saturated heterocycles. The third-order valence-corrected chi connectivity index (χ3v) is 6.32. The van der Waals surface area contributed by atoms with Crippen LogP contribution < -0.4 is 10.5 Å². The van der Waals surface area contributed by atoms with E-state index in [2.05, 4.69) is 5.10 Å². The number of benzene rings is 2. The molecule has 172 valence electrons. The van der Waals surface area contributed by atoms with Crippen LogP contribution in [0.3, 0.4) is 0 Å². The summed E-state index contributed by atoms with van der Waals surface area (Å²) in [6.07, 6.45) is -3.01. The maximum absolute atomic E-state index is 13.9. The SMILES string of the molecule is O=c1c2c(c(-c3ccc(F)cc3)nn1-c1cc(N3CCC(O)C3)ccc1C(F)(F)F)CCC2. The molecule has 9 heteroatoms. The fourth-order valence-electron chi connectivity index (χ4n) is 4.69. The zero-order valence-corrected chi connectivity index (χ0v) is 17.6. The van der Waals surface area contributed by atoms with Gasteiger partial charge in [0.25, 0.3) is 5.56 Å². The molecule has 1 atom stereocenters. The second-order valence-electron chi connectivity index (χ2n) is 8.47. The van der Waals surface area contributed by atoms with Crippen LogP contribution in [0.1, 0.15) is 29.5 Å². The van der Waals surface area contributed by atoms with Crippen molar-refractivity contribution in [1.29, 1.82) is 0 Å². The Morgan fingerprint density at radius 3 is 2.42 bits per heavy atom. The van der Waals surface area contributed by atoms with E-state index in [9.17, 15) is 27.5 Å². The smallest absolute Gasteiger partial charge is 0.391 e. The first-order chi connectivity index (χ1) is 15.7. The van der Waals surface area contributed by atoms with Gasteiger partial charge in [0, 0.05) is 29.9 Å². The number of aliphatic hydroxyl groups excluding tert-OH is 1. The third-order valence-electron chi connectivity index (χ3n) is 6.32. The summed E-state index contributed by atoms with van der Waals surface area (Å²) < 4.78 is 56.1. The lowest BCUT2D eigenvalue weighted by Crippen LogP contribution is -2.29. The number of anilines is 1. The zero-order chi connectivity index (χ0) is 23.3. The van der Waals surface area contributed by atoms with Crippen molar-refractivity contribution in [2.75, 3.05) is 18.0 Å². The van der Waals surface area contributed by atoms with Gasteiger partial charge in [-0.15, -0.1) is 0 Å². The van der Waals surface area contributed by atoms with Gasteiger partial charge in [-0.05, 0) is 73.7 Å². The van der Waals surface area contributed by atoms with E-state index in [1.807, 2.05) is 0 Å². The Morgan fingerprint density at radius 1 is 1.03 bits per heavy atom. The minimum absolute atomic E-state index is 0.304. The second kappa shape index (κ2) is 7.98. The number of nitrogens with zero attached hydrogens (tertiary/aromatic N) is 3. The summed E-state index contributed by atoms with van der Waals surface area (Å²) in [6.45, 7) is 0.803. The second-order valence-corrected chi connectivity index (χ2v) is 8.47. The number of hydrogen-bond acceptors (Lipinski definition) is 4. The fraction of sp³-hybridized carbons (Fsp3) is 0.333. The Bertz CT molecular complexity index is 1270. The standard InChI is InChI=1S/C24H21F4N3O2/c25-15-6-4-14(5-7-15)22-18-2-1-3-19(18)23(33)31(29-22)21-12-16(30-11-10-17(32)13-30)8-9-20(21)24(26,27)28/h4-9,12,17,32H,1-3,10-11,13H2. The van der Waals surface area contributed by atoms with Crippen molar-refractivity contribution in [2.24, 2.45) is 0 Å². The molecule has 0 saturated carbocycles. The van der Waals surface area contributed by atoms with E-state index < -0.39 is 29.2 Å². The zero-order valence-electron chi connectivity index (χ0n) is 17.6. The van der Waals surface area contributed by atoms with Gasteiger partial charge in [0.1, 0.15) is 5.82 Å². The molecule has 1 N–H and O–H groups in total. The molecule has 5 nitrogen and oxygen atoms in total. The van der Waals surface area contributed by atoms with Crippen molar-refractivity contribution < 1.29 is 22.7 Å². The quantitative estimate of drug-likeness (QED) is 0.599. The van der Waals surface area contributed by atoms with Crippen LogP contribution in [0.15, 0.2) is 47.3 Å². The summed E-state index contributed by atoms with van der Waals surface area (Å²) in [4.78, 5) is 15.1. The highest BCUT2D eigenvalue weighted by Crippen LogP contribution is 2.37. The lowest BCUT2D eigenvalue weighted by Gasteiger charge is -2.22. The summed E-state index contributed by atoms with van der Waals surface area (Å²) in [6, 6.07) is 9.15. The molecule has 1 unspecified atom stereocenters. The van der Waals surface area contributed by atoms with Gasteiger partial charge in [-0.3, -0.25) is 4.79 Å². The van der Waals surface area contributed by atoms with Gasteiger partial charge >= 0.3 is 6.18 Å². The van der Waals surface area contributed by atoms with Gasteiger partial charge < -0.3 is 10.0 Å². The molecule has 2 aliphatic rings. The van der Waals surface area contributed by atoms with Gasteiger partial charge in [-0.2, -0.15) is 23.0 Å². The molecule has 1 aliphatic carbocycles. The van der Waals surface area contributed by atoms with Gasteiger partial charge in [-0.25, -0.2) is 4.39 Å². The number of hydrogen-bond donors (Lipinski definition) is 1. The van der Waals surface area contributed by atoms with Crippen LogP contribution >= 0.6 is 0 Å². The van der Waals surface area contributed by atoms with E-state index in [4.69, 9.17) is 0 Å².